The molecule has 0 aliphatic carbocycles. The van der Waals surface area contributed by atoms with Crippen molar-refractivity contribution in [3.8, 4) is 0 Å². The van der Waals surface area contributed by atoms with E-state index in [1.165, 1.54) is 0 Å². The molecule has 1 aromatic carbocycles. The van der Waals surface area contributed by atoms with Crippen LogP contribution < -0.4 is 4.90 Å². The first-order valence-corrected chi connectivity index (χ1v) is 3.49. The van der Waals surface area contributed by atoms with Crippen molar-refractivity contribution in [3.63, 3.8) is 0 Å². The van der Waals surface area contributed by atoms with Gasteiger partial charge in [-0.1, -0.05) is 18.2 Å². The number of para-hydroxylation sites is 1. The Balaban J connectivity index is 2.58. The molecule has 0 aromatic heterocycles. The highest BCUT2D eigenvalue weighted by molar-refractivity contribution is 5.89. The third kappa shape index (κ3) is 1.00. The van der Waals surface area contributed by atoms with Crippen molar-refractivity contribution in [2.45, 2.75) is 0 Å². The van der Waals surface area contributed by atoms with Gasteiger partial charge in [0, 0.05) is 24.5 Å². The summed E-state index contributed by atoms with van der Waals surface area (Å²) >= 11 is 0. The van der Waals surface area contributed by atoms with E-state index < -0.39 is 6.64 Å². The number of aliphatic imine (C=N–C) groups is 1. The number of anilines is 1. The van der Waals surface area contributed by atoms with Crippen molar-refractivity contribution in [1.29, 1.82) is 0 Å². The highest BCUT2D eigenvalue weighted by atomic mass is 15.2. The topological polar surface area (TPSA) is 15.6 Å². The zero-order chi connectivity index (χ0) is 9.42. The van der Waals surface area contributed by atoms with Crippen LogP contribution in [0.5, 0.6) is 0 Å². The van der Waals surface area contributed by atoms with E-state index in [9.17, 15) is 0 Å². The van der Waals surface area contributed by atoms with Gasteiger partial charge in [0.15, 0.2) is 0 Å². The Morgan fingerprint density at radius 3 is 3.36 bits per heavy atom. The fourth-order valence-electron chi connectivity index (χ4n) is 1.12. The van der Waals surface area contributed by atoms with E-state index in [0.29, 0.717) is 0 Å². The molecule has 0 N–H and O–H groups in total. The molecule has 2 nitrogen and oxygen atoms in total. The zero-order valence-electron chi connectivity index (χ0n) is 8.28. The molecule has 2 heteroatoms. The number of rotatable bonds is 0. The molecule has 0 spiro atoms. The molecule has 0 fully saturated rings. The molecule has 1 aromatic rings. The van der Waals surface area contributed by atoms with Crippen LogP contribution in [0.1, 0.15) is 8.30 Å². The first-order chi connectivity index (χ1) is 6.20. The van der Waals surface area contributed by atoms with Gasteiger partial charge in [0.1, 0.15) is 6.64 Å². The highest BCUT2D eigenvalue weighted by Gasteiger charge is 2.07. The van der Waals surface area contributed by atoms with E-state index in [1.807, 2.05) is 31.3 Å². The number of benzene rings is 1. The number of hydrogen-bond donors (Lipinski definition) is 0. The van der Waals surface area contributed by atoms with Crippen LogP contribution in [0, 0.1) is 0 Å². The molecule has 2 rings (SSSR count). The number of nitrogens with zero attached hydrogens (tertiary/aromatic N) is 2. The monoisotopic (exact) mass is 148 g/mol. The Labute approximate surface area is 69.0 Å². The van der Waals surface area contributed by atoms with Gasteiger partial charge in [0.25, 0.3) is 0 Å². The third-order valence-corrected chi connectivity index (χ3v) is 1.70. The van der Waals surface area contributed by atoms with Gasteiger partial charge >= 0.3 is 0 Å². The minimum Gasteiger partial charge on any atom is -0.355 e. The summed E-state index contributed by atoms with van der Waals surface area (Å²) in [6.07, 6.45) is 0.203. The first kappa shape index (κ1) is 4.54. The SMILES string of the molecule is [2H]C1=NC([2H])N(C)c2ccccc21. The quantitative estimate of drug-likeness (QED) is 0.544. The number of fused-ring (bicyclic) bond motifs is 1. The lowest BCUT2D eigenvalue weighted by Crippen LogP contribution is -2.21. The lowest BCUT2D eigenvalue weighted by atomic mass is 10.1. The Kier molecular flexibility index (Phi) is 0.984. The normalized spacial score (nSPS) is 25.0. The minimum absolute atomic E-state index is 0.203. The van der Waals surface area contributed by atoms with Gasteiger partial charge in [-0.3, -0.25) is 4.99 Å². The molecule has 0 radical (unpaired) electrons. The molecule has 11 heavy (non-hydrogen) atoms. The Bertz CT molecular complexity index is 362. The predicted octanol–water partition coefficient (Wildman–Crippen LogP) is 1.51. The van der Waals surface area contributed by atoms with E-state index >= 15 is 0 Å². The van der Waals surface area contributed by atoms with Crippen molar-refractivity contribution in [2.75, 3.05) is 18.6 Å². The third-order valence-electron chi connectivity index (χ3n) is 1.70. The average Bonchev–Trinajstić information content (AvgIpc) is 2.15. The summed E-state index contributed by atoms with van der Waals surface area (Å²) in [5.74, 6) is 0. The fourth-order valence-corrected chi connectivity index (χ4v) is 1.12. The molecule has 0 bridgehead atoms. The van der Waals surface area contributed by atoms with Crippen LogP contribution in [0.25, 0.3) is 0 Å². The molecule has 1 heterocycles. The maximum Gasteiger partial charge on any atom is 0.109 e. The molecule has 1 atom stereocenters. The van der Waals surface area contributed by atoms with E-state index in [4.69, 9.17) is 2.74 Å². The van der Waals surface area contributed by atoms with Crippen LogP contribution in [0.2, 0.25) is 0 Å². The maximum atomic E-state index is 7.58. The van der Waals surface area contributed by atoms with E-state index in [1.54, 1.807) is 4.90 Å². The van der Waals surface area contributed by atoms with Crippen LogP contribution in [-0.4, -0.2) is 19.9 Å². The second-order valence-corrected chi connectivity index (χ2v) is 2.48. The summed E-state index contributed by atoms with van der Waals surface area (Å²) in [5, 5.41) is 0. The van der Waals surface area contributed by atoms with Gasteiger partial charge in [-0.15, -0.1) is 0 Å². The summed E-state index contributed by atoms with van der Waals surface area (Å²) in [6.45, 7) is -0.678. The van der Waals surface area contributed by atoms with Crippen LogP contribution in [0.15, 0.2) is 29.3 Å². The molecular weight excluding hydrogens is 136 g/mol. The van der Waals surface area contributed by atoms with Gasteiger partial charge in [0.2, 0.25) is 0 Å². The second-order valence-electron chi connectivity index (χ2n) is 2.48. The van der Waals surface area contributed by atoms with Gasteiger partial charge < -0.3 is 4.90 Å². The van der Waals surface area contributed by atoms with Crippen molar-refractivity contribution < 1.29 is 2.74 Å². The fraction of sp³-hybridized carbons (Fsp3) is 0.222. The summed E-state index contributed by atoms with van der Waals surface area (Å²) in [5.41, 5.74) is 1.70. The molecule has 0 amide bonds. The lowest BCUT2D eigenvalue weighted by Gasteiger charge is -2.22. The Hall–Kier alpha value is -1.31. The van der Waals surface area contributed by atoms with Gasteiger partial charge in [-0.2, -0.15) is 0 Å². The van der Waals surface area contributed by atoms with E-state index in [2.05, 4.69) is 4.99 Å². The molecule has 56 valence electrons. The van der Waals surface area contributed by atoms with Crippen molar-refractivity contribution in [2.24, 2.45) is 4.99 Å². The molecule has 1 aliphatic rings. The zero-order valence-corrected chi connectivity index (χ0v) is 6.28. The first-order valence-electron chi connectivity index (χ1n) is 4.57. The van der Waals surface area contributed by atoms with E-state index in [0.717, 1.165) is 11.3 Å². The highest BCUT2D eigenvalue weighted by Crippen LogP contribution is 2.19. The predicted molar refractivity (Wildman–Crippen MR) is 47.3 cm³/mol. The van der Waals surface area contributed by atoms with Crippen LogP contribution >= 0.6 is 0 Å². The van der Waals surface area contributed by atoms with Crippen molar-refractivity contribution in [3.05, 3.63) is 29.8 Å². The molecule has 1 unspecified atom stereocenters. The Morgan fingerprint density at radius 1 is 1.64 bits per heavy atom. The summed E-state index contributed by atoms with van der Waals surface area (Å²) in [7, 11) is 1.81. The largest absolute Gasteiger partial charge is 0.355 e. The molecule has 0 saturated carbocycles. The van der Waals surface area contributed by atoms with Gasteiger partial charge in [-0.05, 0) is 6.07 Å². The molecule has 0 saturated heterocycles. The number of hydrogen-bond acceptors (Lipinski definition) is 2. The minimum atomic E-state index is -0.678. The van der Waals surface area contributed by atoms with Crippen molar-refractivity contribution in [1.82, 2.24) is 0 Å². The van der Waals surface area contributed by atoms with Crippen molar-refractivity contribution >= 4 is 11.9 Å². The summed E-state index contributed by atoms with van der Waals surface area (Å²) in [4.78, 5) is 5.62. The van der Waals surface area contributed by atoms with Crippen LogP contribution in [-0.2, 0) is 0 Å². The molecule has 1 aliphatic heterocycles. The van der Waals surface area contributed by atoms with Gasteiger partial charge in [0.05, 0.1) is 2.74 Å². The average molecular weight is 148 g/mol. The second kappa shape index (κ2) is 2.38. The standard InChI is InChI=1S/C9H10N2/c1-11-7-10-6-8-4-2-3-5-9(8)11/h2-6H,7H2,1H3/i6D,7D. The summed E-state index contributed by atoms with van der Waals surface area (Å²) in [6, 6.07) is 7.53. The van der Waals surface area contributed by atoms with Gasteiger partial charge in [-0.25, -0.2) is 0 Å². The van der Waals surface area contributed by atoms with Crippen LogP contribution in [0.4, 0.5) is 5.69 Å². The summed E-state index contributed by atoms with van der Waals surface area (Å²) < 4.78 is 15.1. The molecular formula is C9H10N2. The van der Waals surface area contributed by atoms with Crippen LogP contribution in [0.3, 0.4) is 0 Å². The lowest BCUT2D eigenvalue weighted by molar-refractivity contribution is 0.923. The van der Waals surface area contributed by atoms with E-state index in [-0.39, 0.29) is 6.19 Å². The maximum absolute atomic E-state index is 7.58. The Morgan fingerprint density at radius 2 is 2.45 bits per heavy atom. The smallest absolute Gasteiger partial charge is 0.109 e.